The minimum Gasteiger partial charge on any atom is -0.456 e. The summed E-state index contributed by atoms with van der Waals surface area (Å²) >= 11 is 0. The Balaban J connectivity index is 1.05. The summed E-state index contributed by atoms with van der Waals surface area (Å²) < 4.78 is 13.2. The van der Waals surface area contributed by atoms with Crippen LogP contribution in [0.5, 0.6) is 0 Å². The van der Waals surface area contributed by atoms with E-state index >= 15 is 0 Å². The van der Waals surface area contributed by atoms with Crippen molar-refractivity contribution in [2.45, 2.75) is 57.8 Å². The molecular formula is C73H58N2O2. The monoisotopic (exact) mass is 994 g/mol. The van der Waals surface area contributed by atoms with E-state index in [2.05, 4.69) is 282 Å². The van der Waals surface area contributed by atoms with Crippen LogP contribution in [-0.2, 0) is 16.2 Å². The van der Waals surface area contributed by atoms with Crippen molar-refractivity contribution in [1.82, 2.24) is 0 Å². The number of hydrogen-bond acceptors (Lipinski definition) is 4. The van der Waals surface area contributed by atoms with Gasteiger partial charge >= 0.3 is 0 Å². The first-order valence-electron chi connectivity index (χ1n) is 26.9. The van der Waals surface area contributed by atoms with Crippen molar-refractivity contribution in [3.8, 4) is 11.1 Å². The number of furan rings is 2. The second-order valence-corrected chi connectivity index (χ2v) is 22.9. The molecule has 0 saturated heterocycles. The van der Waals surface area contributed by atoms with E-state index < -0.39 is 5.41 Å². The topological polar surface area (TPSA) is 32.8 Å². The first-order chi connectivity index (χ1) is 37.4. The summed E-state index contributed by atoms with van der Waals surface area (Å²) in [6.45, 7) is 13.7. The molecule has 11 aromatic carbocycles. The molecule has 0 N–H and O–H groups in total. The van der Waals surface area contributed by atoms with Crippen LogP contribution in [0.25, 0.3) is 65.8 Å². The molecule has 0 unspecified atom stereocenters. The van der Waals surface area contributed by atoms with E-state index in [1.54, 1.807) is 0 Å². The molecule has 4 nitrogen and oxygen atoms in total. The molecule has 14 rings (SSSR count). The van der Waals surface area contributed by atoms with E-state index in [1.165, 1.54) is 49.9 Å². The van der Waals surface area contributed by atoms with Crippen molar-refractivity contribution in [1.29, 1.82) is 0 Å². The molecule has 0 saturated carbocycles. The Kier molecular flexibility index (Phi) is 10.5. The maximum atomic E-state index is 6.65. The van der Waals surface area contributed by atoms with Crippen LogP contribution in [0, 0.1) is 0 Å². The van der Waals surface area contributed by atoms with E-state index in [0.717, 1.165) is 83.4 Å². The predicted molar refractivity (Wildman–Crippen MR) is 323 cm³/mol. The van der Waals surface area contributed by atoms with Crippen LogP contribution >= 0.6 is 0 Å². The van der Waals surface area contributed by atoms with Crippen molar-refractivity contribution >= 4 is 88.8 Å². The summed E-state index contributed by atoms with van der Waals surface area (Å²) in [5, 5.41) is 6.77. The molecule has 1 aliphatic carbocycles. The Bertz CT molecular complexity index is 4360. The third-order valence-electron chi connectivity index (χ3n) is 16.2. The van der Waals surface area contributed by atoms with Gasteiger partial charge in [0.25, 0.3) is 0 Å². The number of hydrogen-bond donors (Lipinski definition) is 0. The molecule has 4 heteroatoms. The SMILES string of the molecule is CC(C)(C)c1ccc(N(c2ccc3c(c2)C(c2ccccc2)(c2ccccc2)c2cc(N(c4ccc(C(C)(C)C)cc4)c4ccc5c(c4)oc4ccccc45)c4ccccc4c2-3)c2ccc3c(c2)oc2ccccc23)cc1. The van der Waals surface area contributed by atoms with Crippen molar-refractivity contribution in [3.63, 3.8) is 0 Å². The van der Waals surface area contributed by atoms with Crippen LogP contribution in [0.3, 0.4) is 0 Å². The quantitative estimate of drug-likeness (QED) is 0.152. The Morgan fingerprint density at radius 1 is 0.312 bits per heavy atom. The highest BCUT2D eigenvalue weighted by molar-refractivity contribution is 6.13. The lowest BCUT2D eigenvalue weighted by atomic mass is 9.67. The van der Waals surface area contributed by atoms with Gasteiger partial charge in [0.1, 0.15) is 22.3 Å². The summed E-state index contributed by atoms with van der Waals surface area (Å²) in [5.41, 5.74) is 18.8. The molecule has 0 aliphatic heterocycles. The second kappa shape index (κ2) is 17.5. The average molecular weight is 995 g/mol. The summed E-state index contributed by atoms with van der Waals surface area (Å²) in [6.07, 6.45) is 0. The molecular weight excluding hydrogens is 937 g/mol. The molecule has 2 heterocycles. The van der Waals surface area contributed by atoms with Gasteiger partial charge in [0, 0.05) is 67.5 Å². The van der Waals surface area contributed by atoms with E-state index in [1.807, 2.05) is 12.1 Å². The number of anilines is 6. The smallest absolute Gasteiger partial charge is 0.137 e. The second-order valence-electron chi connectivity index (χ2n) is 22.9. The van der Waals surface area contributed by atoms with Crippen LogP contribution < -0.4 is 9.80 Å². The molecule has 0 atom stereocenters. The lowest BCUT2D eigenvalue weighted by molar-refractivity contribution is 0.590. The van der Waals surface area contributed by atoms with Crippen LogP contribution in [0.2, 0.25) is 0 Å². The van der Waals surface area contributed by atoms with Crippen LogP contribution in [0.1, 0.15) is 74.9 Å². The van der Waals surface area contributed by atoms with Gasteiger partial charge in [-0.3, -0.25) is 0 Å². The fraction of sp³-hybridized carbons (Fsp3) is 0.123. The van der Waals surface area contributed by atoms with Crippen molar-refractivity contribution in [3.05, 3.63) is 276 Å². The lowest BCUT2D eigenvalue weighted by Gasteiger charge is -2.36. The maximum absolute atomic E-state index is 6.65. The predicted octanol–water partition coefficient (Wildman–Crippen LogP) is 20.5. The number of fused-ring (bicyclic) bond motifs is 11. The lowest BCUT2D eigenvalue weighted by Crippen LogP contribution is -2.29. The summed E-state index contributed by atoms with van der Waals surface area (Å²) in [6, 6.07) is 89.4. The van der Waals surface area contributed by atoms with Crippen LogP contribution in [-0.4, -0.2) is 0 Å². The summed E-state index contributed by atoms with van der Waals surface area (Å²) in [5.74, 6) is 0. The van der Waals surface area contributed by atoms with Gasteiger partial charge in [0.2, 0.25) is 0 Å². The summed E-state index contributed by atoms with van der Waals surface area (Å²) in [4.78, 5) is 4.86. The van der Waals surface area contributed by atoms with Gasteiger partial charge in [0.15, 0.2) is 0 Å². The molecule has 372 valence electrons. The molecule has 0 radical (unpaired) electrons. The summed E-state index contributed by atoms with van der Waals surface area (Å²) in [7, 11) is 0. The standard InChI is InChI=1S/C73H58N2O2/c1-71(2,3)47-29-33-51(34-30-47)74(54-37-40-59-57-24-15-17-27-66(57)76-68(59)44-54)53-39-42-62-63(43-53)73(49-19-9-7-10-20-49,50-21-11-8-12-22-50)64-46-65(56-23-13-14-26-61(56)70(62)64)75(52-35-31-48(32-36-52)72(4,5)6)55-38-41-60-58-25-16-18-28-67(58)77-69(60)45-55/h7-46H,1-6H3. The van der Waals surface area contributed by atoms with Gasteiger partial charge in [-0.2, -0.15) is 0 Å². The third-order valence-corrected chi connectivity index (χ3v) is 16.2. The van der Waals surface area contributed by atoms with Crippen LogP contribution in [0.15, 0.2) is 251 Å². The van der Waals surface area contributed by atoms with Gasteiger partial charge in [-0.25, -0.2) is 0 Å². The minimum atomic E-state index is -0.753. The fourth-order valence-electron chi connectivity index (χ4n) is 12.4. The third kappa shape index (κ3) is 7.41. The maximum Gasteiger partial charge on any atom is 0.137 e. The fourth-order valence-corrected chi connectivity index (χ4v) is 12.4. The van der Waals surface area contributed by atoms with E-state index in [0.29, 0.717) is 0 Å². The highest BCUT2D eigenvalue weighted by Crippen LogP contribution is 2.61. The van der Waals surface area contributed by atoms with Crippen molar-refractivity contribution < 1.29 is 8.83 Å². The molecule has 0 fully saturated rings. The van der Waals surface area contributed by atoms with Gasteiger partial charge in [0.05, 0.1) is 11.1 Å². The molecule has 0 spiro atoms. The number of nitrogens with zero attached hydrogens (tertiary/aromatic N) is 2. The van der Waals surface area contributed by atoms with Crippen LogP contribution in [0.4, 0.5) is 34.1 Å². The zero-order valence-electron chi connectivity index (χ0n) is 44.3. The van der Waals surface area contributed by atoms with E-state index in [4.69, 9.17) is 8.83 Å². The Morgan fingerprint density at radius 2 is 0.714 bits per heavy atom. The minimum absolute atomic E-state index is 0.00583. The molecule has 1 aliphatic rings. The molecule has 2 aromatic heterocycles. The van der Waals surface area contributed by atoms with Gasteiger partial charge < -0.3 is 18.6 Å². The average Bonchev–Trinajstić information content (AvgIpc) is 4.27. The Morgan fingerprint density at radius 3 is 1.23 bits per heavy atom. The number of rotatable bonds is 8. The number of para-hydroxylation sites is 2. The first kappa shape index (κ1) is 46.4. The largest absolute Gasteiger partial charge is 0.456 e. The van der Waals surface area contributed by atoms with E-state index in [-0.39, 0.29) is 10.8 Å². The zero-order valence-corrected chi connectivity index (χ0v) is 44.3. The molecule has 0 bridgehead atoms. The van der Waals surface area contributed by atoms with E-state index in [9.17, 15) is 0 Å². The van der Waals surface area contributed by atoms with Gasteiger partial charge in [-0.15, -0.1) is 0 Å². The molecule has 13 aromatic rings. The van der Waals surface area contributed by atoms with Gasteiger partial charge in [-0.05, 0) is 140 Å². The normalized spacial score (nSPS) is 13.2. The molecule has 0 amide bonds. The molecule has 77 heavy (non-hydrogen) atoms. The number of benzene rings is 11. The highest BCUT2D eigenvalue weighted by Gasteiger charge is 2.48. The van der Waals surface area contributed by atoms with Crippen molar-refractivity contribution in [2.75, 3.05) is 9.80 Å². The first-order valence-corrected chi connectivity index (χ1v) is 26.9. The zero-order chi connectivity index (χ0) is 52.2. The Labute approximate surface area is 450 Å². The van der Waals surface area contributed by atoms with Crippen molar-refractivity contribution in [2.24, 2.45) is 0 Å². The Hall–Kier alpha value is -9.12. The van der Waals surface area contributed by atoms with Gasteiger partial charge in [-0.1, -0.05) is 193 Å². The highest BCUT2D eigenvalue weighted by atomic mass is 16.3.